The minimum absolute atomic E-state index is 0.0894. The largest absolute Gasteiger partial charge is 0.390 e. The van der Waals surface area contributed by atoms with Gasteiger partial charge in [0.2, 0.25) is 0 Å². The normalized spacial score (nSPS) is 22.5. The number of benzene rings is 1. The van der Waals surface area contributed by atoms with Gasteiger partial charge in [0.05, 0.1) is 16.8 Å². The van der Waals surface area contributed by atoms with E-state index >= 15 is 0 Å². The average molecular weight is 255 g/mol. The van der Waals surface area contributed by atoms with Crippen molar-refractivity contribution in [2.24, 2.45) is 0 Å². The van der Waals surface area contributed by atoms with E-state index in [2.05, 4.69) is 5.32 Å². The molecule has 0 bridgehead atoms. The van der Waals surface area contributed by atoms with Crippen LogP contribution in [0.3, 0.4) is 0 Å². The Kier molecular flexibility index (Phi) is 3.81. The predicted octanol–water partition coefficient (Wildman–Crippen LogP) is 0.573. The van der Waals surface area contributed by atoms with Gasteiger partial charge in [-0.3, -0.25) is 0 Å². The van der Waals surface area contributed by atoms with Gasteiger partial charge in [0.15, 0.2) is 9.84 Å². The summed E-state index contributed by atoms with van der Waals surface area (Å²) in [6.07, 6.45) is 1.00. The molecule has 1 fully saturated rings. The van der Waals surface area contributed by atoms with Crippen LogP contribution in [0.2, 0.25) is 0 Å². The second kappa shape index (κ2) is 5.16. The molecule has 2 unspecified atom stereocenters. The maximum atomic E-state index is 12.0. The van der Waals surface area contributed by atoms with Crippen LogP contribution >= 0.6 is 0 Å². The van der Waals surface area contributed by atoms with Crippen LogP contribution in [0.15, 0.2) is 35.2 Å². The molecule has 17 heavy (non-hydrogen) atoms. The highest BCUT2D eigenvalue weighted by Gasteiger charge is 2.28. The zero-order valence-corrected chi connectivity index (χ0v) is 10.4. The Balaban J connectivity index is 2.07. The van der Waals surface area contributed by atoms with Gasteiger partial charge in [-0.1, -0.05) is 18.2 Å². The molecule has 94 valence electrons. The third-order valence-electron chi connectivity index (χ3n) is 3.06. The predicted molar refractivity (Wildman–Crippen MR) is 65.5 cm³/mol. The summed E-state index contributed by atoms with van der Waals surface area (Å²) in [4.78, 5) is 0.275. The third-order valence-corrected chi connectivity index (χ3v) is 4.83. The Morgan fingerprint density at radius 2 is 2.06 bits per heavy atom. The summed E-state index contributed by atoms with van der Waals surface area (Å²) in [6, 6.07) is 8.18. The summed E-state index contributed by atoms with van der Waals surface area (Å²) in [5.41, 5.74) is 0. The van der Waals surface area contributed by atoms with Gasteiger partial charge >= 0.3 is 0 Å². The van der Waals surface area contributed by atoms with Gasteiger partial charge in [-0.25, -0.2) is 8.42 Å². The van der Waals surface area contributed by atoms with E-state index in [1.54, 1.807) is 30.3 Å². The van der Waals surface area contributed by atoms with Gasteiger partial charge in [-0.05, 0) is 31.5 Å². The number of hydrogen-bond acceptors (Lipinski definition) is 4. The van der Waals surface area contributed by atoms with E-state index in [1.165, 1.54) is 0 Å². The number of sulfone groups is 1. The molecule has 1 saturated heterocycles. The first-order valence-corrected chi connectivity index (χ1v) is 7.44. The number of nitrogens with one attached hydrogen (secondary N) is 1. The van der Waals surface area contributed by atoms with Crippen LogP contribution in [0.1, 0.15) is 12.8 Å². The lowest BCUT2D eigenvalue weighted by Crippen LogP contribution is -2.39. The maximum Gasteiger partial charge on any atom is 0.180 e. The SMILES string of the molecule is O=S(=O)(CC(O)C1CCCN1)c1ccccc1. The lowest BCUT2D eigenvalue weighted by molar-refractivity contribution is 0.157. The van der Waals surface area contributed by atoms with E-state index in [1.807, 2.05) is 0 Å². The van der Waals surface area contributed by atoms with Gasteiger partial charge < -0.3 is 10.4 Å². The second-order valence-corrected chi connectivity index (χ2v) is 6.40. The van der Waals surface area contributed by atoms with Crippen molar-refractivity contribution in [1.82, 2.24) is 5.32 Å². The standard InChI is InChI=1S/C12H17NO3S/c14-12(11-7-4-8-13-11)9-17(15,16)10-5-2-1-3-6-10/h1-3,5-6,11-14H,4,7-9H2. The Morgan fingerprint density at radius 1 is 1.35 bits per heavy atom. The van der Waals surface area contributed by atoms with E-state index in [9.17, 15) is 13.5 Å². The van der Waals surface area contributed by atoms with Crippen molar-refractivity contribution in [2.45, 2.75) is 29.9 Å². The zero-order chi connectivity index (χ0) is 12.3. The van der Waals surface area contributed by atoms with Crippen molar-refractivity contribution in [1.29, 1.82) is 0 Å². The average Bonchev–Trinajstić information content (AvgIpc) is 2.83. The Labute approximate surface area is 102 Å². The lowest BCUT2D eigenvalue weighted by atomic mass is 10.1. The summed E-state index contributed by atoms with van der Waals surface area (Å²) in [7, 11) is -3.39. The van der Waals surface area contributed by atoms with Crippen LogP contribution in [-0.2, 0) is 9.84 Å². The second-order valence-electron chi connectivity index (χ2n) is 4.36. The van der Waals surface area contributed by atoms with Gasteiger partial charge in [0.1, 0.15) is 0 Å². The molecule has 5 heteroatoms. The minimum Gasteiger partial charge on any atom is -0.390 e. The van der Waals surface area contributed by atoms with Gasteiger partial charge in [-0.15, -0.1) is 0 Å². The molecule has 0 aliphatic carbocycles. The highest BCUT2D eigenvalue weighted by atomic mass is 32.2. The van der Waals surface area contributed by atoms with Crippen molar-refractivity contribution in [3.8, 4) is 0 Å². The molecule has 0 aromatic heterocycles. The Bertz CT molecular complexity index is 452. The molecule has 1 aromatic carbocycles. The van der Waals surface area contributed by atoms with Crippen LogP contribution in [-0.4, -0.2) is 38.0 Å². The summed E-state index contributed by atoms with van der Waals surface area (Å²) in [6.45, 7) is 0.854. The Morgan fingerprint density at radius 3 is 2.65 bits per heavy atom. The summed E-state index contributed by atoms with van der Waals surface area (Å²) in [5, 5.41) is 13.0. The van der Waals surface area contributed by atoms with Crippen molar-refractivity contribution in [3.63, 3.8) is 0 Å². The van der Waals surface area contributed by atoms with Crippen LogP contribution in [0.4, 0.5) is 0 Å². The quantitative estimate of drug-likeness (QED) is 0.825. The highest BCUT2D eigenvalue weighted by Crippen LogP contribution is 2.16. The van der Waals surface area contributed by atoms with Crippen LogP contribution in [0, 0.1) is 0 Å². The van der Waals surface area contributed by atoms with Crippen molar-refractivity contribution in [3.05, 3.63) is 30.3 Å². The molecule has 1 heterocycles. The summed E-state index contributed by atoms with van der Waals surface area (Å²) < 4.78 is 24.0. The molecular weight excluding hydrogens is 238 g/mol. The number of rotatable bonds is 4. The molecule has 2 rings (SSSR count). The molecule has 0 spiro atoms. The first-order valence-electron chi connectivity index (χ1n) is 5.79. The molecule has 1 aliphatic rings. The molecular formula is C12H17NO3S. The summed E-state index contributed by atoms with van der Waals surface area (Å²) in [5.74, 6) is -0.214. The molecule has 1 aromatic rings. The van der Waals surface area contributed by atoms with Gasteiger partial charge in [-0.2, -0.15) is 0 Å². The molecule has 2 atom stereocenters. The summed E-state index contributed by atoms with van der Waals surface area (Å²) >= 11 is 0. The topological polar surface area (TPSA) is 66.4 Å². The number of aliphatic hydroxyl groups is 1. The number of aliphatic hydroxyl groups excluding tert-OH is 1. The highest BCUT2D eigenvalue weighted by molar-refractivity contribution is 7.91. The van der Waals surface area contributed by atoms with Crippen LogP contribution in [0.5, 0.6) is 0 Å². The number of hydrogen-bond donors (Lipinski definition) is 2. The lowest BCUT2D eigenvalue weighted by Gasteiger charge is -2.18. The van der Waals surface area contributed by atoms with Crippen LogP contribution < -0.4 is 5.32 Å². The van der Waals surface area contributed by atoms with Crippen molar-refractivity contribution >= 4 is 9.84 Å². The van der Waals surface area contributed by atoms with Crippen LogP contribution in [0.25, 0.3) is 0 Å². The minimum atomic E-state index is -3.39. The van der Waals surface area contributed by atoms with E-state index in [4.69, 9.17) is 0 Å². The van der Waals surface area contributed by atoms with E-state index in [0.717, 1.165) is 19.4 Å². The monoisotopic (exact) mass is 255 g/mol. The van der Waals surface area contributed by atoms with E-state index in [0.29, 0.717) is 0 Å². The van der Waals surface area contributed by atoms with Gasteiger partial charge in [0, 0.05) is 6.04 Å². The molecule has 2 N–H and O–H groups in total. The molecule has 0 amide bonds. The van der Waals surface area contributed by atoms with E-state index in [-0.39, 0.29) is 16.7 Å². The molecule has 0 saturated carbocycles. The first-order chi connectivity index (χ1) is 8.09. The third kappa shape index (κ3) is 3.06. The zero-order valence-electron chi connectivity index (χ0n) is 9.54. The Hall–Kier alpha value is -0.910. The first kappa shape index (κ1) is 12.5. The van der Waals surface area contributed by atoms with E-state index < -0.39 is 15.9 Å². The van der Waals surface area contributed by atoms with Crippen molar-refractivity contribution < 1.29 is 13.5 Å². The fraction of sp³-hybridized carbons (Fsp3) is 0.500. The van der Waals surface area contributed by atoms with Gasteiger partial charge in [0.25, 0.3) is 0 Å². The van der Waals surface area contributed by atoms with Crippen molar-refractivity contribution in [2.75, 3.05) is 12.3 Å². The molecule has 4 nitrogen and oxygen atoms in total. The molecule has 0 radical (unpaired) electrons. The molecule has 1 aliphatic heterocycles. The maximum absolute atomic E-state index is 12.0. The fourth-order valence-corrected chi connectivity index (χ4v) is 3.55. The smallest absolute Gasteiger partial charge is 0.180 e. The fourth-order valence-electron chi connectivity index (χ4n) is 2.10.